The molecular formula is C22H26N2O4. The molecule has 1 fully saturated rings. The van der Waals surface area contributed by atoms with Crippen LogP contribution in [0.2, 0.25) is 0 Å². The molecule has 2 aromatic rings. The molecule has 2 N–H and O–H groups in total. The highest BCUT2D eigenvalue weighted by Crippen LogP contribution is 2.30. The molecule has 0 unspecified atom stereocenters. The van der Waals surface area contributed by atoms with Crippen molar-refractivity contribution in [1.29, 1.82) is 0 Å². The number of carbonyl (C=O) groups excluding carboxylic acids is 2. The highest BCUT2D eigenvalue weighted by Gasteiger charge is 2.28. The molecule has 1 aliphatic rings. The van der Waals surface area contributed by atoms with Gasteiger partial charge in [-0.3, -0.25) is 9.59 Å². The summed E-state index contributed by atoms with van der Waals surface area (Å²) >= 11 is 0. The highest BCUT2D eigenvalue weighted by atomic mass is 16.5. The minimum Gasteiger partial charge on any atom is -0.494 e. The number of anilines is 1. The van der Waals surface area contributed by atoms with Crippen LogP contribution in [0.25, 0.3) is 0 Å². The van der Waals surface area contributed by atoms with Gasteiger partial charge in [0, 0.05) is 18.9 Å². The second-order valence-electron chi connectivity index (χ2n) is 6.72. The molecule has 0 saturated heterocycles. The normalized spacial score (nSPS) is 12.9. The Morgan fingerprint density at radius 3 is 2.46 bits per heavy atom. The maximum atomic E-state index is 12.2. The molecule has 0 bridgehead atoms. The van der Waals surface area contributed by atoms with Gasteiger partial charge in [-0.05, 0) is 62.6 Å². The predicted octanol–water partition coefficient (Wildman–Crippen LogP) is 4.12. The van der Waals surface area contributed by atoms with Crippen molar-refractivity contribution < 1.29 is 19.1 Å². The second kappa shape index (κ2) is 9.78. The molecule has 6 heteroatoms. The van der Waals surface area contributed by atoms with E-state index in [0.717, 1.165) is 18.6 Å². The standard InChI is InChI=1S/C22H26N2O4/c1-2-27-17-11-13-18(14-12-17)28-20-7-4-3-6-19(20)24-21(25)8-5-15-23-22(26)16-9-10-16/h3-4,6-7,11-14,16H,2,5,8-10,15H2,1H3,(H,23,26)(H,24,25). The zero-order valence-electron chi connectivity index (χ0n) is 16.1. The molecule has 0 heterocycles. The number of benzene rings is 2. The topological polar surface area (TPSA) is 76.7 Å². The number of hydrogen-bond donors (Lipinski definition) is 2. The molecule has 2 amide bonds. The summed E-state index contributed by atoms with van der Waals surface area (Å²) in [6.07, 6.45) is 2.91. The van der Waals surface area contributed by atoms with Crippen molar-refractivity contribution in [3.05, 3.63) is 48.5 Å². The minimum atomic E-state index is -0.108. The van der Waals surface area contributed by atoms with Crippen LogP contribution in [0.15, 0.2) is 48.5 Å². The third-order valence-corrected chi connectivity index (χ3v) is 4.35. The highest BCUT2D eigenvalue weighted by molar-refractivity contribution is 5.92. The van der Waals surface area contributed by atoms with E-state index in [1.807, 2.05) is 49.4 Å². The molecule has 0 radical (unpaired) electrons. The maximum absolute atomic E-state index is 12.2. The van der Waals surface area contributed by atoms with Crippen LogP contribution >= 0.6 is 0 Å². The summed E-state index contributed by atoms with van der Waals surface area (Å²) in [6.45, 7) is 3.07. The summed E-state index contributed by atoms with van der Waals surface area (Å²) < 4.78 is 11.3. The van der Waals surface area contributed by atoms with Gasteiger partial charge in [-0.25, -0.2) is 0 Å². The van der Waals surface area contributed by atoms with Gasteiger partial charge in [0.25, 0.3) is 0 Å². The predicted molar refractivity (Wildman–Crippen MR) is 108 cm³/mol. The van der Waals surface area contributed by atoms with E-state index in [4.69, 9.17) is 9.47 Å². The van der Waals surface area contributed by atoms with Crippen molar-refractivity contribution in [2.45, 2.75) is 32.6 Å². The van der Waals surface area contributed by atoms with E-state index in [2.05, 4.69) is 10.6 Å². The number of amides is 2. The third kappa shape index (κ3) is 6.01. The minimum absolute atomic E-state index is 0.106. The van der Waals surface area contributed by atoms with Crippen molar-refractivity contribution >= 4 is 17.5 Å². The van der Waals surface area contributed by atoms with Gasteiger partial charge in [-0.1, -0.05) is 12.1 Å². The van der Waals surface area contributed by atoms with Gasteiger partial charge in [-0.2, -0.15) is 0 Å². The molecule has 1 aliphatic carbocycles. The first kappa shape index (κ1) is 19.7. The van der Waals surface area contributed by atoms with E-state index in [1.54, 1.807) is 6.07 Å². The van der Waals surface area contributed by atoms with Crippen LogP contribution in [-0.4, -0.2) is 25.0 Å². The Hall–Kier alpha value is -3.02. The fraction of sp³-hybridized carbons (Fsp3) is 0.364. The lowest BCUT2D eigenvalue weighted by Crippen LogP contribution is -2.26. The molecule has 148 valence electrons. The molecule has 0 aromatic heterocycles. The fourth-order valence-corrected chi connectivity index (χ4v) is 2.72. The van der Waals surface area contributed by atoms with Crippen LogP contribution in [0.1, 0.15) is 32.6 Å². The van der Waals surface area contributed by atoms with Crippen molar-refractivity contribution in [1.82, 2.24) is 5.32 Å². The average Bonchev–Trinajstić information content (AvgIpc) is 3.54. The van der Waals surface area contributed by atoms with E-state index in [0.29, 0.717) is 43.2 Å². The van der Waals surface area contributed by atoms with Crippen LogP contribution in [-0.2, 0) is 9.59 Å². The summed E-state index contributed by atoms with van der Waals surface area (Å²) in [5, 5.41) is 5.75. The molecule has 1 saturated carbocycles. The van der Waals surface area contributed by atoms with Gasteiger partial charge in [0.15, 0.2) is 5.75 Å². The van der Waals surface area contributed by atoms with E-state index < -0.39 is 0 Å². The first-order chi connectivity index (χ1) is 13.7. The summed E-state index contributed by atoms with van der Waals surface area (Å²) in [5.74, 6) is 2.21. The molecule has 28 heavy (non-hydrogen) atoms. The molecule has 3 rings (SSSR count). The average molecular weight is 382 g/mol. The Morgan fingerprint density at radius 2 is 1.75 bits per heavy atom. The number of rotatable bonds is 10. The van der Waals surface area contributed by atoms with Crippen LogP contribution in [0, 0.1) is 5.92 Å². The molecule has 2 aromatic carbocycles. The zero-order chi connectivity index (χ0) is 19.8. The van der Waals surface area contributed by atoms with Crippen molar-refractivity contribution in [2.75, 3.05) is 18.5 Å². The third-order valence-electron chi connectivity index (χ3n) is 4.35. The second-order valence-corrected chi connectivity index (χ2v) is 6.72. The molecule has 0 atom stereocenters. The quantitative estimate of drug-likeness (QED) is 0.606. The van der Waals surface area contributed by atoms with E-state index in [-0.39, 0.29) is 17.7 Å². The van der Waals surface area contributed by atoms with Crippen LogP contribution in [0.4, 0.5) is 5.69 Å². The maximum Gasteiger partial charge on any atom is 0.224 e. The lowest BCUT2D eigenvalue weighted by molar-refractivity contribution is -0.122. The number of ether oxygens (including phenoxy) is 2. The van der Waals surface area contributed by atoms with Crippen LogP contribution in [0.5, 0.6) is 17.2 Å². The van der Waals surface area contributed by atoms with Crippen molar-refractivity contribution in [3.8, 4) is 17.2 Å². The Balaban J connectivity index is 1.49. The zero-order valence-corrected chi connectivity index (χ0v) is 16.1. The van der Waals surface area contributed by atoms with Crippen molar-refractivity contribution in [2.24, 2.45) is 5.92 Å². The first-order valence-electron chi connectivity index (χ1n) is 9.73. The van der Waals surface area contributed by atoms with Crippen molar-refractivity contribution in [3.63, 3.8) is 0 Å². The van der Waals surface area contributed by atoms with Crippen LogP contribution in [0.3, 0.4) is 0 Å². The number of hydrogen-bond acceptors (Lipinski definition) is 4. The monoisotopic (exact) mass is 382 g/mol. The van der Waals surface area contributed by atoms with E-state index >= 15 is 0 Å². The van der Waals surface area contributed by atoms with Gasteiger partial charge < -0.3 is 20.1 Å². The molecule has 0 spiro atoms. The van der Waals surface area contributed by atoms with Crippen LogP contribution < -0.4 is 20.1 Å². The Labute approximate surface area is 165 Å². The summed E-state index contributed by atoms with van der Waals surface area (Å²) in [4.78, 5) is 23.8. The van der Waals surface area contributed by atoms with Gasteiger partial charge in [0.05, 0.1) is 12.3 Å². The lowest BCUT2D eigenvalue weighted by atomic mass is 10.2. The number of nitrogens with one attached hydrogen (secondary N) is 2. The largest absolute Gasteiger partial charge is 0.494 e. The van der Waals surface area contributed by atoms with Gasteiger partial charge in [0.2, 0.25) is 11.8 Å². The SMILES string of the molecule is CCOc1ccc(Oc2ccccc2NC(=O)CCCNC(=O)C2CC2)cc1. The van der Waals surface area contributed by atoms with E-state index in [1.165, 1.54) is 0 Å². The Morgan fingerprint density at radius 1 is 1.04 bits per heavy atom. The van der Waals surface area contributed by atoms with E-state index in [9.17, 15) is 9.59 Å². The Bertz CT molecular complexity index is 800. The molecular weight excluding hydrogens is 356 g/mol. The molecule has 6 nitrogen and oxygen atoms in total. The smallest absolute Gasteiger partial charge is 0.224 e. The lowest BCUT2D eigenvalue weighted by Gasteiger charge is -2.13. The summed E-state index contributed by atoms with van der Waals surface area (Å²) in [7, 11) is 0. The van der Waals surface area contributed by atoms with Gasteiger partial charge in [-0.15, -0.1) is 0 Å². The summed E-state index contributed by atoms with van der Waals surface area (Å²) in [6, 6.07) is 14.6. The number of carbonyl (C=O) groups is 2. The van der Waals surface area contributed by atoms with Gasteiger partial charge >= 0.3 is 0 Å². The summed E-state index contributed by atoms with van der Waals surface area (Å²) in [5.41, 5.74) is 0.614. The fourth-order valence-electron chi connectivity index (χ4n) is 2.72. The first-order valence-corrected chi connectivity index (χ1v) is 9.73. The number of para-hydroxylation sites is 2. The van der Waals surface area contributed by atoms with Gasteiger partial charge in [0.1, 0.15) is 11.5 Å². The molecule has 0 aliphatic heterocycles. The Kier molecular flexibility index (Phi) is 6.89.